The average molecular weight is 612 g/mol. The highest BCUT2D eigenvalue weighted by molar-refractivity contribution is 7.89. The topological polar surface area (TPSA) is 130 Å². The highest BCUT2D eigenvalue weighted by Crippen LogP contribution is 2.52. The second-order valence-corrected chi connectivity index (χ2v) is 14.2. The first kappa shape index (κ1) is 27.8. The van der Waals surface area contributed by atoms with Crippen molar-refractivity contribution in [3.8, 4) is 11.3 Å². The molecule has 5 heterocycles. The molecule has 7 rings (SSSR count). The van der Waals surface area contributed by atoms with E-state index in [2.05, 4.69) is 31.6 Å². The van der Waals surface area contributed by atoms with Crippen molar-refractivity contribution in [1.82, 2.24) is 28.6 Å². The Morgan fingerprint density at radius 3 is 2.50 bits per heavy atom. The third kappa shape index (κ3) is 4.60. The summed E-state index contributed by atoms with van der Waals surface area (Å²) in [6.45, 7) is 6.06. The molecule has 1 aromatic carbocycles. The van der Waals surface area contributed by atoms with Gasteiger partial charge in [-0.2, -0.15) is 22.6 Å². The Hall–Kier alpha value is -3.03. The highest BCUT2D eigenvalue weighted by Gasteiger charge is 2.56. The van der Waals surface area contributed by atoms with Gasteiger partial charge in [-0.1, -0.05) is 18.2 Å². The van der Waals surface area contributed by atoms with Gasteiger partial charge in [0, 0.05) is 18.0 Å². The van der Waals surface area contributed by atoms with Crippen LogP contribution in [0.3, 0.4) is 0 Å². The lowest BCUT2D eigenvalue weighted by molar-refractivity contribution is -0.163. The molecule has 0 amide bonds. The van der Waals surface area contributed by atoms with Crippen molar-refractivity contribution in [3.63, 3.8) is 0 Å². The van der Waals surface area contributed by atoms with E-state index in [0.717, 1.165) is 36.4 Å². The van der Waals surface area contributed by atoms with Gasteiger partial charge in [-0.25, -0.2) is 4.98 Å². The molecule has 1 aliphatic carbocycles. The molecule has 13 heteroatoms. The number of benzene rings is 1. The molecule has 0 spiro atoms. The minimum Gasteiger partial charge on any atom is -0.383 e. The second kappa shape index (κ2) is 10.0. The molecule has 4 aromatic rings. The SMILES string of the molecule is CN1CCC([C@H]2C[C@@H](n3cc(-c4ccn(S(=O)(=O)c5ccccc5)n4)c4c(N)nc(Cl)nc43)[C@@H]3OC(C)(C)O[C@@H]32)CC1. The summed E-state index contributed by atoms with van der Waals surface area (Å²) < 4.78 is 42.6. The van der Waals surface area contributed by atoms with E-state index in [9.17, 15) is 8.42 Å². The van der Waals surface area contributed by atoms with Crippen LogP contribution in [-0.2, 0) is 19.5 Å². The van der Waals surface area contributed by atoms with Gasteiger partial charge in [0.25, 0.3) is 10.0 Å². The predicted molar refractivity (Wildman–Crippen MR) is 158 cm³/mol. The quantitative estimate of drug-likeness (QED) is 0.330. The minimum absolute atomic E-state index is 0.0356. The van der Waals surface area contributed by atoms with Crippen LogP contribution < -0.4 is 5.73 Å². The molecule has 222 valence electrons. The summed E-state index contributed by atoms with van der Waals surface area (Å²) in [5.41, 5.74) is 8.05. The molecule has 0 unspecified atom stereocenters. The summed E-state index contributed by atoms with van der Waals surface area (Å²) in [5.74, 6) is 0.338. The maximum atomic E-state index is 13.3. The van der Waals surface area contributed by atoms with Gasteiger partial charge in [-0.05, 0) is 94.9 Å². The number of anilines is 1. The molecule has 1 saturated carbocycles. The van der Waals surface area contributed by atoms with E-state index in [1.165, 1.54) is 6.20 Å². The van der Waals surface area contributed by atoms with Crippen molar-refractivity contribution in [1.29, 1.82) is 0 Å². The van der Waals surface area contributed by atoms with E-state index < -0.39 is 15.8 Å². The molecule has 4 atom stereocenters. The maximum Gasteiger partial charge on any atom is 0.282 e. The van der Waals surface area contributed by atoms with Gasteiger partial charge >= 0.3 is 0 Å². The standard InChI is InChI=1S/C29H34ClN7O4S/c1-29(2)40-24-19(17-9-12-35(3)13-10-17)15-22(25(24)41-29)36-16-20(23-26(31)32-28(30)33-27(23)36)21-11-14-37(34-21)42(38,39)18-7-5-4-6-8-18/h4-8,11,14,16-17,19,22,24-25H,9-10,12-13,15H2,1-3H3,(H2,31,32,33)/t19-,22-,24-,25+/m1/s1. The number of piperidine rings is 1. The van der Waals surface area contributed by atoms with E-state index in [-0.39, 0.29) is 34.2 Å². The number of aromatic nitrogens is 5. The fraction of sp³-hybridized carbons (Fsp3) is 0.483. The van der Waals surface area contributed by atoms with E-state index >= 15 is 0 Å². The van der Waals surface area contributed by atoms with E-state index in [1.54, 1.807) is 36.4 Å². The minimum atomic E-state index is -3.88. The van der Waals surface area contributed by atoms with Crippen molar-refractivity contribution in [3.05, 3.63) is 54.1 Å². The second-order valence-electron chi connectivity index (χ2n) is 12.1. The number of halogens is 1. The first-order valence-corrected chi connectivity index (χ1v) is 16.1. The monoisotopic (exact) mass is 611 g/mol. The van der Waals surface area contributed by atoms with Gasteiger partial charge in [0.2, 0.25) is 5.28 Å². The molecular formula is C29H34ClN7O4S. The molecule has 3 aliphatic rings. The largest absolute Gasteiger partial charge is 0.383 e. The summed E-state index contributed by atoms with van der Waals surface area (Å²) in [5, 5.41) is 5.08. The smallest absolute Gasteiger partial charge is 0.282 e. The molecule has 0 bridgehead atoms. The van der Waals surface area contributed by atoms with Crippen molar-refractivity contribution in [2.45, 2.75) is 62.0 Å². The third-order valence-corrected chi connectivity index (χ3v) is 10.7. The van der Waals surface area contributed by atoms with Crippen molar-refractivity contribution in [2.75, 3.05) is 25.9 Å². The van der Waals surface area contributed by atoms with Crippen LogP contribution in [0.15, 0.2) is 53.7 Å². The molecule has 2 saturated heterocycles. The lowest BCUT2D eigenvalue weighted by Crippen LogP contribution is -2.37. The zero-order valence-electron chi connectivity index (χ0n) is 23.7. The highest BCUT2D eigenvalue weighted by atomic mass is 35.5. The van der Waals surface area contributed by atoms with Crippen LogP contribution in [0.25, 0.3) is 22.3 Å². The summed E-state index contributed by atoms with van der Waals surface area (Å²) in [6, 6.07) is 9.76. The van der Waals surface area contributed by atoms with Crippen LogP contribution >= 0.6 is 11.6 Å². The number of hydrogen-bond acceptors (Lipinski definition) is 9. The summed E-state index contributed by atoms with van der Waals surface area (Å²) >= 11 is 6.34. The Morgan fingerprint density at radius 2 is 1.76 bits per heavy atom. The first-order valence-electron chi connectivity index (χ1n) is 14.3. The molecule has 42 heavy (non-hydrogen) atoms. The molecule has 3 fully saturated rings. The fourth-order valence-electron chi connectivity index (χ4n) is 7.06. The molecule has 2 aliphatic heterocycles. The van der Waals surface area contributed by atoms with Crippen LogP contribution in [0.4, 0.5) is 5.82 Å². The third-order valence-electron chi connectivity index (χ3n) is 9.01. The number of fused-ring (bicyclic) bond motifs is 2. The van der Waals surface area contributed by atoms with Crippen LogP contribution in [0.2, 0.25) is 5.28 Å². The number of ether oxygens (including phenoxy) is 2. The van der Waals surface area contributed by atoms with E-state index in [1.807, 2.05) is 20.0 Å². The van der Waals surface area contributed by atoms with Crippen molar-refractivity contribution in [2.24, 2.45) is 11.8 Å². The number of hydrogen-bond donors (Lipinski definition) is 1. The predicted octanol–water partition coefficient (Wildman–Crippen LogP) is 4.19. The zero-order valence-corrected chi connectivity index (χ0v) is 25.3. The summed E-state index contributed by atoms with van der Waals surface area (Å²) in [4.78, 5) is 11.4. The average Bonchev–Trinajstić information content (AvgIpc) is 3.71. The van der Waals surface area contributed by atoms with E-state index in [4.69, 9.17) is 26.8 Å². The maximum absolute atomic E-state index is 13.3. The van der Waals surface area contributed by atoms with Crippen LogP contribution in [0.5, 0.6) is 0 Å². The number of nitrogen functional groups attached to an aromatic ring is 1. The fourth-order valence-corrected chi connectivity index (χ4v) is 8.37. The van der Waals surface area contributed by atoms with Gasteiger partial charge in [-0.15, -0.1) is 0 Å². The normalized spacial score (nSPS) is 26.7. The zero-order chi connectivity index (χ0) is 29.4. The van der Waals surface area contributed by atoms with Gasteiger partial charge in [0.15, 0.2) is 5.79 Å². The molecule has 0 radical (unpaired) electrons. The van der Waals surface area contributed by atoms with Crippen LogP contribution in [-0.4, -0.2) is 75.2 Å². The molecule has 11 nitrogen and oxygen atoms in total. The lowest BCUT2D eigenvalue weighted by atomic mass is 9.82. The lowest BCUT2D eigenvalue weighted by Gasteiger charge is -2.35. The Labute approximate surface area is 249 Å². The summed E-state index contributed by atoms with van der Waals surface area (Å²) in [7, 11) is -1.71. The molecule has 2 N–H and O–H groups in total. The van der Waals surface area contributed by atoms with Gasteiger partial charge < -0.3 is 24.7 Å². The van der Waals surface area contributed by atoms with Crippen LogP contribution in [0, 0.1) is 11.8 Å². The number of nitrogens with zero attached hydrogens (tertiary/aromatic N) is 6. The van der Waals surface area contributed by atoms with Crippen LogP contribution in [0.1, 0.15) is 39.2 Å². The first-order chi connectivity index (χ1) is 20.0. The van der Waals surface area contributed by atoms with Gasteiger partial charge in [0.05, 0.1) is 28.1 Å². The number of rotatable bonds is 5. The molecular weight excluding hydrogens is 578 g/mol. The molecule has 3 aromatic heterocycles. The van der Waals surface area contributed by atoms with Gasteiger partial charge in [-0.3, -0.25) is 0 Å². The summed E-state index contributed by atoms with van der Waals surface area (Å²) in [6.07, 6.45) is 6.21. The van der Waals surface area contributed by atoms with Crippen molar-refractivity contribution < 1.29 is 17.9 Å². The van der Waals surface area contributed by atoms with E-state index in [0.29, 0.717) is 34.1 Å². The van der Waals surface area contributed by atoms with Crippen molar-refractivity contribution >= 4 is 38.5 Å². The Kier molecular flexibility index (Phi) is 6.63. The Morgan fingerprint density at radius 1 is 1.05 bits per heavy atom. The Bertz CT molecular complexity index is 1750. The number of likely N-dealkylation sites (tertiary alicyclic amines) is 1. The Balaban J connectivity index is 1.32. The van der Waals surface area contributed by atoms with Gasteiger partial charge in [0.1, 0.15) is 17.6 Å². The number of nitrogens with two attached hydrogens (primary N) is 1.